The lowest BCUT2D eigenvalue weighted by molar-refractivity contribution is -0.111. The van der Waals surface area contributed by atoms with E-state index in [1.165, 1.54) is 41.2 Å². The second-order valence-electron chi connectivity index (χ2n) is 8.89. The Morgan fingerprint density at radius 3 is 2.61 bits per heavy atom. The molecule has 1 amide bonds. The first kappa shape index (κ1) is 25.0. The fourth-order valence-corrected chi connectivity index (χ4v) is 4.29. The lowest BCUT2D eigenvalue weighted by atomic mass is 10.2. The summed E-state index contributed by atoms with van der Waals surface area (Å²) in [5.41, 5.74) is 0.741. The van der Waals surface area contributed by atoms with Gasteiger partial charge in [-0.3, -0.25) is 14.2 Å². The van der Waals surface area contributed by atoms with Crippen molar-refractivity contribution in [1.29, 1.82) is 0 Å². The van der Waals surface area contributed by atoms with Gasteiger partial charge in [0.25, 0.3) is 0 Å². The van der Waals surface area contributed by atoms with Crippen LogP contribution in [0.4, 0.5) is 31.8 Å². The highest BCUT2D eigenvalue weighted by molar-refractivity contribution is 5.99. The minimum absolute atomic E-state index is 0.0532. The molecule has 2 aromatic carbocycles. The molecule has 0 radical (unpaired) electrons. The molecule has 1 aliphatic rings. The Labute approximate surface area is 217 Å². The summed E-state index contributed by atoms with van der Waals surface area (Å²) >= 11 is 0. The van der Waals surface area contributed by atoms with Crippen LogP contribution in [0.1, 0.15) is 0 Å². The highest BCUT2D eigenvalue weighted by Crippen LogP contribution is 2.27. The number of benzene rings is 2. The van der Waals surface area contributed by atoms with Crippen molar-refractivity contribution >= 4 is 40.0 Å². The van der Waals surface area contributed by atoms with Gasteiger partial charge in [-0.1, -0.05) is 12.6 Å². The number of aromatic nitrogens is 3. The van der Waals surface area contributed by atoms with E-state index < -0.39 is 11.7 Å². The molecule has 0 spiro atoms. The maximum absolute atomic E-state index is 15.3. The molecule has 4 aromatic rings. The molecule has 194 valence electrons. The third-order valence-electron chi connectivity index (χ3n) is 6.37. The minimum atomic E-state index is -0.720. The summed E-state index contributed by atoms with van der Waals surface area (Å²) in [7, 11) is 2.04. The average molecular weight is 518 g/mol. The smallest absolute Gasteiger partial charge is 0.247 e. The van der Waals surface area contributed by atoms with Crippen molar-refractivity contribution in [2.45, 2.75) is 0 Å². The van der Waals surface area contributed by atoms with E-state index in [4.69, 9.17) is 0 Å². The van der Waals surface area contributed by atoms with Gasteiger partial charge in [-0.15, -0.1) is 0 Å². The maximum atomic E-state index is 15.3. The Kier molecular flexibility index (Phi) is 6.84. The molecule has 1 fully saturated rings. The van der Waals surface area contributed by atoms with Crippen LogP contribution >= 0.6 is 0 Å². The molecule has 0 aliphatic carbocycles. The summed E-state index contributed by atoms with van der Waals surface area (Å²) in [6.07, 6.45) is 3.76. The molecule has 2 N–H and O–H groups in total. The number of likely N-dealkylation sites (N-methyl/N-ethyl adjacent to an activating group) is 1. The number of nitrogens with one attached hydrogen (secondary N) is 2. The molecule has 5 rings (SSSR count). The van der Waals surface area contributed by atoms with Crippen molar-refractivity contribution in [3.63, 3.8) is 0 Å². The quantitative estimate of drug-likeness (QED) is 0.377. The first-order valence-corrected chi connectivity index (χ1v) is 11.9. The Morgan fingerprint density at radius 1 is 1.08 bits per heavy atom. The van der Waals surface area contributed by atoms with Gasteiger partial charge in [-0.2, -0.15) is 4.98 Å². The van der Waals surface area contributed by atoms with E-state index in [-0.39, 0.29) is 39.6 Å². The Bertz CT molecular complexity index is 1600. The molecule has 3 heterocycles. The minimum Gasteiger partial charge on any atom is -0.367 e. The van der Waals surface area contributed by atoms with Crippen LogP contribution in [0.25, 0.3) is 16.7 Å². The number of rotatable bonds is 6. The van der Waals surface area contributed by atoms with Crippen LogP contribution in [-0.4, -0.2) is 58.6 Å². The molecule has 0 saturated carbocycles. The van der Waals surface area contributed by atoms with Gasteiger partial charge in [0.05, 0.1) is 22.4 Å². The SMILES string of the molecule is C=CC(=O)Nc1cccc(-n2ccc(=O)c3cnc(Nc4ccc(N5CCN(C)CC5)c(F)c4)nc32)c1F. The second kappa shape index (κ2) is 10.4. The predicted octanol–water partition coefficient (Wildman–Crippen LogP) is 3.68. The van der Waals surface area contributed by atoms with Crippen molar-refractivity contribution in [3.8, 4) is 5.69 Å². The van der Waals surface area contributed by atoms with Crippen LogP contribution < -0.4 is 21.0 Å². The number of carbonyl (C=O) groups excluding carboxylic acids is 1. The Balaban J connectivity index is 1.48. The van der Waals surface area contributed by atoms with E-state index in [2.05, 4.69) is 32.1 Å². The molecule has 0 unspecified atom stereocenters. The zero-order valence-electron chi connectivity index (χ0n) is 20.6. The average Bonchev–Trinajstić information content (AvgIpc) is 2.91. The number of hydrogen-bond acceptors (Lipinski definition) is 7. The van der Waals surface area contributed by atoms with E-state index in [1.54, 1.807) is 18.2 Å². The lowest BCUT2D eigenvalue weighted by Gasteiger charge is -2.34. The number of hydrogen-bond donors (Lipinski definition) is 2. The third-order valence-corrected chi connectivity index (χ3v) is 6.37. The molecule has 2 aromatic heterocycles. The molecule has 11 heteroatoms. The van der Waals surface area contributed by atoms with E-state index in [9.17, 15) is 14.0 Å². The van der Waals surface area contributed by atoms with Crippen LogP contribution in [0.3, 0.4) is 0 Å². The van der Waals surface area contributed by atoms with Crippen molar-refractivity contribution in [1.82, 2.24) is 19.4 Å². The van der Waals surface area contributed by atoms with Crippen LogP contribution in [0.2, 0.25) is 0 Å². The first-order valence-electron chi connectivity index (χ1n) is 11.9. The topological polar surface area (TPSA) is 95.4 Å². The Hall–Kier alpha value is -4.64. The monoisotopic (exact) mass is 517 g/mol. The number of halogens is 2. The molecule has 0 atom stereocenters. The number of nitrogens with zero attached hydrogens (tertiary/aromatic N) is 5. The molecular formula is C27H25F2N7O2. The molecule has 1 aliphatic heterocycles. The van der Waals surface area contributed by atoms with E-state index in [0.29, 0.717) is 11.4 Å². The van der Waals surface area contributed by atoms with E-state index >= 15 is 4.39 Å². The molecule has 0 bridgehead atoms. The van der Waals surface area contributed by atoms with Crippen LogP contribution in [0, 0.1) is 11.6 Å². The van der Waals surface area contributed by atoms with Gasteiger partial charge in [-0.05, 0) is 43.5 Å². The van der Waals surface area contributed by atoms with E-state index in [0.717, 1.165) is 32.3 Å². The molecule has 9 nitrogen and oxygen atoms in total. The summed E-state index contributed by atoms with van der Waals surface area (Å²) in [5, 5.41) is 5.54. The normalized spacial score (nSPS) is 13.9. The van der Waals surface area contributed by atoms with Gasteiger partial charge in [0.2, 0.25) is 11.9 Å². The largest absolute Gasteiger partial charge is 0.367 e. The highest BCUT2D eigenvalue weighted by Gasteiger charge is 2.18. The first-order chi connectivity index (χ1) is 18.3. The number of piperazine rings is 1. The fourth-order valence-electron chi connectivity index (χ4n) is 4.29. The maximum Gasteiger partial charge on any atom is 0.247 e. The van der Waals surface area contributed by atoms with Gasteiger partial charge >= 0.3 is 0 Å². The molecule has 1 saturated heterocycles. The van der Waals surface area contributed by atoms with Gasteiger partial charge in [-0.25, -0.2) is 13.8 Å². The van der Waals surface area contributed by atoms with Gasteiger partial charge in [0.1, 0.15) is 5.82 Å². The van der Waals surface area contributed by atoms with Crippen molar-refractivity contribution in [2.24, 2.45) is 0 Å². The summed E-state index contributed by atoms with van der Waals surface area (Å²) in [6, 6.07) is 10.5. The summed E-state index contributed by atoms with van der Waals surface area (Å²) in [5.74, 6) is -1.56. The van der Waals surface area contributed by atoms with Gasteiger partial charge in [0.15, 0.2) is 16.9 Å². The van der Waals surface area contributed by atoms with E-state index in [1.807, 2.05) is 11.9 Å². The van der Waals surface area contributed by atoms with Crippen LogP contribution in [0.5, 0.6) is 0 Å². The number of amides is 1. The second-order valence-corrected chi connectivity index (χ2v) is 8.89. The standard InChI is InChI=1S/C27H25F2N7O2/c1-3-24(38)32-20-5-4-6-22(25(20)29)36-10-9-23(37)18-16-30-27(33-26(18)36)31-17-7-8-21(19(28)15-17)35-13-11-34(2)12-14-35/h3-10,15-16H,1,11-14H2,2H3,(H,32,38)(H,30,31,33). The van der Waals surface area contributed by atoms with Gasteiger partial charge in [0, 0.05) is 50.3 Å². The Morgan fingerprint density at radius 2 is 1.87 bits per heavy atom. The summed E-state index contributed by atoms with van der Waals surface area (Å²) in [4.78, 5) is 37.0. The van der Waals surface area contributed by atoms with Crippen LogP contribution in [-0.2, 0) is 4.79 Å². The predicted molar refractivity (Wildman–Crippen MR) is 143 cm³/mol. The van der Waals surface area contributed by atoms with Gasteiger partial charge < -0.3 is 20.4 Å². The van der Waals surface area contributed by atoms with Crippen LogP contribution in [0.15, 0.2) is 72.3 Å². The zero-order valence-corrected chi connectivity index (χ0v) is 20.6. The number of fused-ring (bicyclic) bond motifs is 1. The number of carbonyl (C=O) groups is 1. The van der Waals surface area contributed by atoms with Crippen molar-refractivity contribution < 1.29 is 13.6 Å². The summed E-state index contributed by atoms with van der Waals surface area (Å²) < 4.78 is 31.7. The molecule has 38 heavy (non-hydrogen) atoms. The fraction of sp³-hybridized carbons (Fsp3) is 0.185. The van der Waals surface area contributed by atoms with Crippen molar-refractivity contribution in [2.75, 3.05) is 48.8 Å². The zero-order chi connectivity index (χ0) is 26.8. The number of anilines is 4. The summed E-state index contributed by atoms with van der Waals surface area (Å²) in [6.45, 7) is 6.56. The molecular weight excluding hydrogens is 492 g/mol. The third kappa shape index (κ3) is 4.96. The van der Waals surface area contributed by atoms with Crippen molar-refractivity contribution in [3.05, 3.63) is 89.4 Å². The lowest BCUT2D eigenvalue weighted by Crippen LogP contribution is -2.44. The number of pyridine rings is 1. The highest BCUT2D eigenvalue weighted by atomic mass is 19.1.